The number of hydrogen-bond donors (Lipinski definition) is 2. The van der Waals surface area contributed by atoms with Gasteiger partial charge >= 0.3 is 5.97 Å². The molecule has 0 bridgehead atoms. The van der Waals surface area contributed by atoms with Crippen molar-refractivity contribution in [2.75, 3.05) is 6.54 Å². The third-order valence-corrected chi connectivity index (χ3v) is 4.09. The van der Waals surface area contributed by atoms with E-state index in [9.17, 15) is 9.90 Å². The van der Waals surface area contributed by atoms with Gasteiger partial charge in [-0.05, 0) is 44.0 Å². The van der Waals surface area contributed by atoms with Gasteiger partial charge in [0.2, 0.25) is 0 Å². The number of nitrogens with zero attached hydrogens (tertiary/aromatic N) is 1. The SMILES string of the molecule is O=C(O)CCC1CCCCN1Cc1cc(Cl)ccc1O. The van der Waals surface area contributed by atoms with Crippen LogP contribution in [0.1, 0.15) is 37.7 Å². The highest BCUT2D eigenvalue weighted by atomic mass is 35.5. The highest BCUT2D eigenvalue weighted by Crippen LogP contribution is 2.27. The average molecular weight is 298 g/mol. The summed E-state index contributed by atoms with van der Waals surface area (Å²) in [5, 5.41) is 19.3. The molecule has 2 rings (SSSR count). The molecule has 0 radical (unpaired) electrons. The van der Waals surface area contributed by atoms with E-state index in [2.05, 4.69) is 4.90 Å². The fourth-order valence-electron chi connectivity index (χ4n) is 2.78. The Balaban J connectivity index is 2.04. The fourth-order valence-corrected chi connectivity index (χ4v) is 2.98. The second-order valence-corrected chi connectivity index (χ2v) is 5.76. The lowest BCUT2D eigenvalue weighted by Crippen LogP contribution is -2.39. The number of halogens is 1. The smallest absolute Gasteiger partial charge is 0.303 e. The topological polar surface area (TPSA) is 60.8 Å². The predicted octanol–water partition coefficient (Wildman–Crippen LogP) is 3.26. The number of benzene rings is 1. The summed E-state index contributed by atoms with van der Waals surface area (Å²) >= 11 is 5.97. The van der Waals surface area contributed by atoms with Crippen LogP contribution in [-0.4, -0.2) is 33.7 Å². The standard InChI is InChI=1S/C15H20ClNO3/c16-12-4-6-14(18)11(9-12)10-17-8-2-1-3-13(17)5-7-15(19)20/h4,6,9,13,18H,1-3,5,7-8,10H2,(H,19,20). The van der Waals surface area contributed by atoms with Crippen molar-refractivity contribution in [3.05, 3.63) is 28.8 Å². The number of aromatic hydroxyl groups is 1. The molecule has 1 atom stereocenters. The van der Waals surface area contributed by atoms with Crippen molar-refractivity contribution < 1.29 is 15.0 Å². The Hall–Kier alpha value is -1.26. The summed E-state index contributed by atoms with van der Waals surface area (Å²) in [4.78, 5) is 13.0. The number of hydrogen-bond acceptors (Lipinski definition) is 3. The molecule has 1 saturated heterocycles. The Morgan fingerprint density at radius 3 is 2.95 bits per heavy atom. The molecule has 5 heteroatoms. The monoisotopic (exact) mass is 297 g/mol. The van der Waals surface area contributed by atoms with Gasteiger partial charge in [-0.3, -0.25) is 9.69 Å². The van der Waals surface area contributed by atoms with Gasteiger partial charge in [0.25, 0.3) is 0 Å². The number of aliphatic carboxylic acids is 1. The van der Waals surface area contributed by atoms with E-state index in [1.807, 2.05) is 0 Å². The van der Waals surface area contributed by atoms with Crippen LogP contribution in [0, 0.1) is 0 Å². The van der Waals surface area contributed by atoms with Crippen LogP contribution in [0.25, 0.3) is 0 Å². The predicted molar refractivity (Wildman–Crippen MR) is 78.0 cm³/mol. The van der Waals surface area contributed by atoms with E-state index in [4.69, 9.17) is 16.7 Å². The molecule has 1 aliphatic heterocycles. The van der Waals surface area contributed by atoms with Crippen molar-refractivity contribution >= 4 is 17.6 Å². The largest absolute Gasteiger partial charge is 0.508 e. The summed E-state index contributed by atoms with van der Waals surface area (Å²) in [5.74, 6) is -0.502. The van der Waals surface area contributed by atoms with Gasteiger partial charge in [0.15, 0.2) is 0 Å². The summed E-state index contributed by atoms with van der Waals surface area (Å²) in [7, 11) is 0. The molecule has 0 aromatic heterocycles. The number of phenols is 1. The Morgan fingerprint density at radius 2 is 2.20 bits per heavy atom. The number of likely N-dealkylation sites (tertiary alicyclic amines) is 1. The van der Waals surface area contributed by atoms with Crippen LogP contribution in [0.5, 0.6) is 5.75 Å². The maximum Gasteiger partial charge on any atom is 0.303 e. The summed E-state index contributed by atoms with van der Waals surface area (Å²) < 4.78 is 0. The molecule has 2 N–H and O–H groups in total. The molecule has 1 unspecified atom stereocenters. The summed E-state index contributed by atoms with van der Waals surface area (Å²) in [6.07, 6.45) is 4.14. The molecule has 20 heavy (non-hydrogen) atoms. The maximum atomic E-state index is 10.7. The molecule has 1 aliphatic rings. The zero-order valence-electron chi connectivity index (χ0n) is 11.4. The Kier molecular flexibility index (Phi) is 5.26. The van der Waals surface area contributed by atoms with Gasteiger partial charge in [0.05, 0.1) is 0 Å². The zero-order valence-corrected chi connectivity index (χ0v) is 12.1. The van der Waals surface area contributed by atoms with E-state index in [-0.39, 0.29) is 18.2 Å². The van der Waals surface area contributed by atoms with Gasteiger partial charge in [0, 0.05) is 29.6 Å². The molecular formula is C15H20ClNO3. The van der Waals surface area contributed by atoms with Gasteiger partial charge in [0.1, 0.15) is 5.75 Å². The van der Waals surface area contributed by atoms with E-state index in [0.29, 0.717) is 18.0 Å². The van der Waals surface area contributed by atoms with Crippen molar-refractivity contribution in [1.29, 1.82) is 0 Å². The highest BCUT2D eigenvalue weighted by Gasteiger charge is 2.23. The summed E-state index contributed by atoms with van der Waals surface area (Å²) in [6.45, 7) is 1.56. The number of rotatable bonds is 5. The van der Waals surface area contributed by atoms with Crippen LogP contribution < -0.4 is 0 Å². The van der Waals surface area contributed by atoms with Gasteiger partial charge in [-0.15, -0.1) is 0 Å². The molecule has 1 fully saturated rings. The second kappa shape index (κ2) is 6.95. The quantitative estimate of drug-likeness (QED) is 0.876. The van der Waals surface area contributed by atoms with Gasteiger partial charge in [-0.2, -0.15) is 0 Å². The first kappa shape index (κ1) is 15.1. The number of phenolic OH excluding ortho intramolecular Hbond substituents is 1. The van der Waals surface area contributed by atoms with Crippen molar-refractivity contribution in [2.45, 2.75) is 44.7 Å². The summed E-state index contributed by atoms with van der Waals surface area (Å²) in [5.41, 5.74) is 0.805. The Bertz CT molecular complexity index is 478. The van der Waals surface area contributed by atoms with E-state index >= 15 is 0 Å². The Labute approximate surface area is 124 Å². The van der Waals surface area contributed by atoms with Crippen molar-refractivity contribution in [3.63, 3.8) is 0 Å². The van der Waals surface area contributed by atoms with Crippen molar-refractivity contribution in [3.8, 4) is 5.75 Å². The minimum Gasteiger partial charge on any atom is -0.508 e. The van der Waals surface area contributed by atoms with E-state index in [1.165, 1.54) is 0 Å². The molecular weight excluding hydrogens is 278 g/mol. The van der Waals surface area contributed by atoms with Crippen LogP contribution in [0.2, 0.25) is 5.02 Å². The van der Waals surface area contributed by atoms with E-state index in [0.717, 1.165) is 31.4 Å². The maximum absolute atomic E-state index is 10.7. The van der Waals surface area contributed by atoms with Crippen LogP contribution in [0.4, 0.5) is 0 Å². The Morgan fingerprint density at radius 1 is 1.40 bits per heavy atom. The molecule has 0 aliphatic carbocycles. The molecule has 4 nitrogen and oxygen atoms in total. The molecule has 0 amide bonds. The highest BCUT2D eigenvalue weighted by molar-refractivity contribution is 6.30. The molecule has 110 valence electrons. The lowest BCUT2D eigenvalue weighted by atomic mass is 9.97. The van der Waals surface area contributed by atoms with Gasteiger partial charge in [-0.1, -0.05) is 18.0 Å². The first-order valence-corrected chi connectivity index (χ1v) is 7.37. The lowest BCUT2D eigenvalue weighted by molar-refractivity contribution is -0.137. The number of piperidine rings is 1. The number of carboxylic acid groups (broad SMARTS) is 1. The molecule has 0 spiro atoms. The van der Waals surface area contributed by atoms with E-state index < -0.39 is 5.97 Å². The van der Waals surface area contributed by atoms with Crippen LogP contribution in [0.15, 0.2) is 18.2 Å². The first-order chi connectivity index (χ1) is 9.56. The van der Waals surface area contributed by atoms with Crippen LogP contribution in [-0.2, 0) is 11.3 Å². The lowest BCUT2D eigenvalue weighted by Gasteiger charge is -2.35. The third-order valence-electron chi connectivity index (χ3n) is 3.86. The van der Waals surface area contributed by atoms with Crippen LogP contribution in [0.3, 0.4) is 0 Å². The normalized spacial score (nSPS) is 19.9. The minimum absolute atomic E-state index is 0.197. The van der Waals surface area contributed by atoms with Crippen molar-refractivity contribution in [2.24, 2.45) is 0 Å². The number of carbonyl (C=O) groups is 1. The zero-order chi connectivity index (χ0) is 14.5. The molecule has 1 aromatic rings. The van der Waals surface area contributed by atoms with Gasteiger partial charge in [-0.25, -0.2) is 0 Å². The van der Waals surface area contributed by atoms with Crippen LogP contribution >= 0.6 is 11.6 Å². The first-order valence-electron chi connectivity index (χ1n) is 6.99. The van der Waals surface area contributed by atoms with E-state index in [1.54, 1.807) is 18.2 Å². The van der Waals surface area contributed by atoms with Crippen molar-refractivity contribution in [1.82, 2.24) is 4.90 Å². The summed E-state index contributed by atoms with van der Waals surface area (Å²) in [6, 6.07) is 5.32. The molecule has 1 heterocycles. The molecule has 0 saturated carbocycles. The van der Waals surface area contributed by atoms with Gasteiger partial charge < -0.3 is 10.2 Å². The third kappa shape index (κ3) is 4.12. The second-order valence-electron chi connectivity index (χ2n) is 5.33. The molecule has 1 aromatic carbocycles. The fraction of sp³-hybridized carbons (Fsp3) is 0.533. The average Bonchev–Trinajstić information content (AvgIpc) is 2.42. The minimum atomic E-state index is -0.749. The number of carboxylic acids is 1.